The van der Waals surface area contributed by atoms with Crippen molar-refractivity contribution in [1.82, 2.24) is 0 Å². The molecule has 0 aromatic heterocycles. The zero-order chi connectivity index (χ0) is 13.2. The molecular weight excluding hydrogens is 298 g/mol. The molecule has 2 heteroatoms. The van der Waals surface area contributed by atoms with Crippen molar-refractivity contribution in [2.45, 2.75) is 12.8 Å². The van der Waals surface area contributed by atoms with Crippen LogP contribution in [0.5, 0.6) is 0 Å². The lowest BCUT2D eigenvalue weighted by molar-refractivity contribution is 0.986. The number of nitrogens with zero attached hydrogens (tertiary/aromatic N) is 1. The molecule has 0 amide bonds. The van der Waals surface area contributed by atoms with Gasteiger partial charge in [0, 0.05) is 4.47 Å². The Labute approximate surface area is 121 Å². The molecule has 0 saturated heterocycles. The summed E-state index contributed by atoms with van der Waals surface area (Å²) in [6.45, 7) is 0. The van der Waals surface area contributed by atoms with Crippen LogP contribution in [0, 0.1) is 11.3 Å². The first-order valence-corrected chi connectivity index (χ1v) is 7.07. The number of allylic oxidation sites excluding steroid dienone is 1. The number of halogens is 1. The molecule has 1 nitrogen and oxygen atoms in total. The lowest BCUT2D eigenvalue weighted by Crippen LogP contribution is -1.94. The highest BCUT2D eigenvalue weighted by atomic mass is 79.9. The van der Waals surface area contributed by atoms with Crippen LogP contribution in [-0.2, 0) is 6.42 Å². The van der Waals surface area contributed by atoms with E-state index in [2.05, 4.69) is 52.4 Å². The molecule has 2 aromatic rings. The monoisotopic (exact) mass is 309 g/mol. The topological polar surface area (TPSA) is 23.8 Å². The Kier molecular flexibility index (Phi) is 3.23. The predicted molar refractivity (Wildman–Crippen MR) is 81.6 cm³/mol. The van der Waals surface area contributed by atoms with E-state index in [9.17, 15) is 5.26 Å². The van der Waals surface area contributed by atoms with Crippen LogP contribution >= 0.6 is 15.9 Å². The summed E-state index contributed by atoms with van der Waals surface area (Å²) in [6.07, 6.45) is 6.61. The molecule has 0 atom stereocenters. The Balaban J connectivity index is 2.14. The summed E-state index contributed by atoms with van der Waals surface area (Å²) in [4.78, 5) is 0. The van der Waals surface area contributed by atoms with Gasteiger partial charge in [0.1, 0.15) is 0 Å². The van der Waals surface area contributed by atoms with E-state index in [0.717, 1.165) is 28.4 Å². The van der Waals surface area contributed by atoms with Gasteiger partial charge in [0.05, 0.1) is 11.6 Å². The van der Waals surface area contributed by atoms with E-state index in [-0.39, 0.29) is 0 Å². The van der Waals surface area contributed by atoms with Gasteiger partial charge in [-0.2, -0.15) is 5.26 Å². The van der Waals surface area contributed by atoms with Crippen LogP contribution in [0.1, 0.15) is 23.1 Å². The Morgan fingerprint density at radius 1 is 1.11 bits per heavy atom. The standard InChI is InChI=1S/C17H12BrN/c18-16-7-8-17(15(10-16)11-19)14-6-5-12-3-1-2-4-13(12)9-14/h2,4-10H,1,3H2. The molecule has 0 bridgehead atoms. The van der Waals surface area contributed by atoms with Crippen molar-refractivity contribution in [3.63, 3.8) is 0 Å². The highest BCUT2D eigenvalue weighted by Crippen LogP contribution is 2.30. The first-order chi connectivity index (χ1) is 9.28. The number of hydrogen-bond donors (Lipinski definition) is 0. The second kappa shape index (κ2) is 5.03. The van der Waals surface area contributed by atoms with E-state index in [1.165, 1.54) is 11.1 Å². The van der Waals surface area contributed by atoms with E-state index in [4.69, 9.17) is 0 Å². The van der Waals surface area contributed by atoms with Gasteiger partial charge in [-0.3, -0.25) is 0 Å². The summed E-state index contributed by atoms with van der Waals surface area (Å²) < 4.78 is 0.936. The Morgan fingerprint density at radius 2 is 2.00 bits per heavy atom. The molecule has 0 heterocycles. The second-order valence-corrected chi connectivity index (χ2v) is 5.57. The van der Waals surface area contributed by atoms with E-state index in [1.54, 1.807) is 0 Å². The molecule has 2 aromatic carbocycles. The van der Waals surface area contributed by atoms with Gasteiger partial charge >= 0.3 is 0 Å². The lowest BCUT2D eigenvalue weighted by Gasteiger charge is -2.13. The van der Waals surface area contributed by atoms with E-state index >= 15 is 0 Å². The molecule has 0 radical (unpaired) electrons. The maximum atomic E-state index is 9.26. The van der Waals surface area contributed by atoms with Crippen molar-refractivity contribution in [2.75, 3.05) is 0 Å². The van der Waals surface area contributed by atoms with Gasteiger partial charge in [-0.15, -0.1) is 0 Å². The summed E-state index contributed by atoms with van der Waals surface area (Å²) in [5.74, 6) is 0. The van der Waals surface area contributed by atoms with Crippen LogP contribution < -0.4 is 0 Å². The first kappa shape index (κ1) is 12.2. The summed E-state index contributed by atoms with van der Waals surface area (Å²) in [7, 11) is 0. The van der Waals surface area contributed by atoms with Gasteiger partial charge in [-0.1, -0.05) is 46.3 Å². The summed E-state index contributed by atoms with van der Waals surface area (Å²) >= 11 is 3.41. The van der Waals surface area contributed by atoms with Crippen LogP contribution in [0.4, 0.5) is 0 Å². The van der Waals surface area contributed by atoms with Crippen molar-refractivity contribution < 1.29 is 0 Å². The molecule has 3 rings (SSSR count). The van der Waals surface area contributed by atoms with Crippen LogP contribution in [0.3, 0.4) is 0 Å². The van der Waals surface area contributed by atoms with E-state index in [0.29, 0.717) is 5.56 Å². The Morgan fingerprint density at radius 3 is 2.84 bits per heavy atom. The second-order valence-electron chi connectivity index (χ2n) is 4.66. The highest BCUT2D eigenvalue weighted by molar-refractivity contribution is 9.10. The van der Waals surface area contributed by atoms with Crippen molar-refractivity contribution in [3.8, 4) is 17.2 Å². The minimum absolute atomic E-state index is 0.703. The Hall–Kier alpha value is -1.85. The maximum Gasteiger partial charge on any atom is 0.0998 e. The Bertz CT molecular complexity index is 708. The van der Waals surface area contributed by atoms with E-state index in [1.807, 2.05) is 18.2 Å². The normalized spacial score (nSPS) is 12.8. The molecule has 1 aliphatic carbocycles. The largest absolute Gasteiger partial charge is 0.192 e. The van der Waals surface area contributed by atoms with Crippen molar-refractivity contribution in [1.29, 1.82) is 5.26 Å². The molecule has 1 aliphatic rings. The number of aryl methyl sites for hydroxylation is 1. The molecule has 0 fully saturated rings. The van der Waals surface area contributed by atoms with E-state index < -0.39 is 0 Å². The smallest absolute Gasteiger partial charge is 0.0998 e. The van der Waals surface area contributed by atoms with Crippen molar-refractivity contribution in [3.05, 3.63) is 63.6 Å². The minimum Gasteiger partial charge on any atom is -0.192 e. The highest BCUT2D eigenvalue weighted by Gasteiger charge is 2.09. The van der Waals surface area contributed by atoms with Crippen LogP contribution in [0.2, 0.25) is 0 Å². The van der Waals surface area contributed by atoms with Crippen molar-refractivity contribution in [2.24, 2.45) is 0 Å². The average molecular weight is 310 g/mol. The molecule has 0 aliphatic heterocycles. The third-order valence-electron chi connectivity index (χ3n) is 3.44. The molecule has 0 spiro atoms. The maximum absolute atomic E-state index is 9.26. The third kappa shape index (κ3) is 2.34. The minimum atomic E-state index is 0.703. The fourth-order valence-corrected chi connectivity index (χ4v) is 2.82. The summed E-state index contributed by atoms with van der Waals surface area (Å²) in [5.41, 5.74) is 5.47. The predicted octanol–water partition coefficient (Wildman–Crippen LogP) is 4.95. The van der Waals surface area contributed by atoms with Gasteiger partial charge in [-0.05, 0) is 53.3 Å². The SMILES string of the molecule is N#Cc1cc(Br)ccc1-c1ccc2c(c1)C=CCC2. The van der Waals surface area contributed by atoms with Gasteiger partial charge in [0.25, 0.3) is 0 Å². The molecule has 0 unspecified atom stereocenters. The van der Waals surface area contributed by atoms with Gasteiger partial charge < -0.3 is 0 Å². The fraction of sp³-hybridized carbons (Fsp3) is 0.118. The van der Waals surface area contributed by atoms with Crippen LogP contribution in [-0.4, -0.2) is 0 Å². The summed E-state index contributed by atoms with van der Waals surface area (Å²) in [5, 5.41) is 9.26. The zero-order valence-corrected chi connectivity index (χ0v) is 11.9. The van der Waals surface area contributed by atoms with Gasteiger partial charge in [0.2, 0.25) is 0 Å². The quantitative estimate of drug-likeness (QED) is 0.731. The number of benzene rings is 2. The lowest BCUT2D eigenvalue weighted by atomic mass is 9.92. The van der Waals surface area contributed by atoms with Crippen LogP contribution in [0.25, 0.3) is 17.2 Å². The molecule has 0 N–H and O–H groups in total. The number of hydrogen-bond acceptors (Lipinski definition) is 1. The third-order valence-corrected chi connectivity index (χ3v) is 3.93. The van der Waals surface area contributed by atoms with Gasteiger partial charge in [-0.25, -0.2) is 0 Å². The number of fused-ring (bicyclic) bond motifs is 1. The van der Waals surface area contributed by atoms with Crippen LogP contribution in [0.15, 0.2) is 46.9 Å². The molecule has 19 heavy (non-hydrogen) atoms. The first-order valence-electron chi connectivity index (χ1n) is 6.27. The molecule has 0 saturated carbocycles. The van der Waals surface area contributed by atoms with Gasteiger partial charge in [0.15, 0.2) is 0 Å². The summed E-state index contributed by atoms with van der Waals surface area (Å²) in [6, 6.07) is 14.6. The molecular formula is C17H12BrN. The fourth-order valence-electron chi connectivity index (χ4n) is 2.46. The van der Waals surface area contributed by atoms with Crippen molar-refractivity contribution >= 4 is 22.0 Å². The number of rotatable bonds is 1. The zero-order valence-electron chi connectivity index (χ0n) is 10.4. The molecule has 92 valence electrons. The average Bonchev–Trinajstić information content (AvgIpc) is 2.46. The number of nitriles is 1.